The fourth-order valence-electron chi connectivity index (χ4n) is 4.36. The summed E-state index contributed by atoms with van der Waals surface area (Å²) < 4.78 is 6.34. The Bertz CT molecular complexity index is 242. The van der Waals surface area contributed by atoms with Crippen molar-refractivity contribution in [1.29, 1.82) is 0 Å². The SMILES string of the molecule is CCCNC(C1CCCCC1)C1(OCC)CCCC1. The fourth-order valence-corrected chi connectivity index (χ4v) is 4.36. The topological polar surface area (TPSA) is 21.3 Å². The van der Waals surface area contributed by atoms with Gasteiger partial charge in [-0.2, -0.15) is 0 Å². The molecule has 0 aromatic heterocycles. The van der Waals surface area contributed by atoms with Crippen LogP contribution in [0.15, 0.2) is 0 Å². The van der Waals surface area contributed by atoms with Gasteiger partial charge in [0, 0.05) is 12.6 Å². The van der Waals surface area contributed by atoms with E-state index in [1.165, 1.54) is 64.2 Å². The van der Waals surface area contributed by atoms with Crippen LogP contribution in [-0.2, 0) is 4.74 Å². The van der Waals surface area contributed by atoms with E-state index in [0.29, 0.717) is 6.04 Å². The normalized spacial score (nSPS) is 25.6. The molecular formula is C17H33NO. The molecule has 2 rings (SSSR count). The molecule has 2 saturated carbocycles. The van der Waals surface area contributed by atoms with Gasteiger partial charge < -0.3 is 10.1 Å². The first-order valence-electron chi connectivity index (χ1n) is 8.69. The lowest BCUT2D eigenvalue weighted by atomic mass is 9.75. The van der Waals surface area contributed by atoms with Gasteiger partial charge in [0.25, 0.3) is 0 Å². The lowest BCUT2D eigenvalue weighted by Gasteiger charge is -2.43. The van der Waals surface area contributed by atoms with Gasteiger partial charge in [0.2, 0.25) is 0 Å². The molecule has 0 amide bonds. The Morgan fingerprint density at radius 2 is 1.74 bits per heavy atom. The molecule has 2 aliphatic rings. The van der Waals surface area contributed by atoms with Gasteiger partial charge in [-0.15, -0.1) is 0 Å². The molecule has 2 nitrogen and oxygen atoms in total. The molecule has 2 heteroatoms. The van der Waals surface area contributed by atoms with Crippen LogP contribution in [-0.4, -0.2) is 24.8 Å². The maximum atomic E-state index is 6.34. The highest BCUT2D eigenvalue weighted by Crippen LogP contribution is 2.42. The van der Waals surface area contributed by atoms with Crippen molar-refractivity contribution in [3.8, 4) is 0 Å². The van der Waals surface area contributed by atoms with E-state index in [9.17, 15) is 0 Å². The molecule has 112 valence electrons. The lowest BCUT2D eigenvalue weighted by molar-refractivity contribution is -0.0788. The number of hydrogen-bond donors (Lipinski definition) is 1. The summed E-state index contributed by atoms with van der Waals surface area (Å²) in [6.07, 6.45) is 13.6. The zero-order chi connectivity index (χ0) is 13.6. The van der Waals surface area contributed by atoms with Crippen LogP contribution in [0.5, 0.6) is 0 Å². The van der Waals surface area contributed by atoms with E-state index in [4.69, 9.17) is 4.74 Å². The summed E-state index contributed by atoms with van der Waals surface area (Å²) >= 11 is 0. The van der Waals surface area contributed by atoms with Gasteiger partial charge in [0.1, 0.15) is 0 Å². The van der Waals surface area contributed by atoms with Crippen LogP contribution >= 0.6 is 0 Å². The molecule has 2 aliphatic carbocycles. The van der Waals surface area contributed by atoms with E-state index in [-0.39, 0.29) is 5.60 Å². The molecular weight excluding hydrogens is 234 g/mol. The molecule has 1 atom stereocenters. The molecule has 0 heterocycles. The molecule has 1 unspecified atom stereocenters. The predicted molar refractivity (Wildman–Crippen MR) is 81.5 cm³/mol. The quantitative estimate of drug-likeness (QED) is 0.743. The molecule has 0 aromatic rings. The first-order valence-corrected chi connectivity index (χ1v) is 8.69. The molecule has 0 saturated heterocycles. The Balaban J connectivity index is 2.08. The molecule has 1 N–H and O–H groups in total. The summed E-state index contributed by atoms with van der Waals surface area (Å²) in [4.78, 5) is 0. The zero-order valence-electron chi connectivity index (χ0n) is 13.0. The minimum absolute atomic E-state index is 0.159. The van der Waals surface area contributed by atoms with E-state index in [0.717, 1.165) is 19.1 Å². The van der Waals surface area contributed by atoms with Gasteiger partial charge in [-0.25, -0.2) is 0 Å². The number of hydrogen-bond acceptors (Lipinski definition) is 2. The second-order valence-electron chi connectivity index (χ2n) is 6.53. The summed E-state index contributed by atoms with van der Waals surface area (Å²) in [5.41, 5.74) is 0.159. The molecule has 0 radical (unpaired) electrons. The molecule has 0 aromatic carbocycles. The highest BCUT2D eigenvalue weighted by Gasteiger charge is 2.45. The van der Waals surface area contributed by atoms with Crippen molar-refractivity contribution in [2.24, 2.45) is 5.92 Å². The summed E-state index contributed by atoms with van der Waals surface area (Å²) in [7, 11) is 0. The van der Waals surface area contributed by atoms with Crippen molar-refractivity contribution < 1.29 is 4.74 Å². The predicted octanol–water partition coefficient (Wildman–Crippen LogP) is 4.28. The van der Waals surface area contributed by atoms with Crippen molar-refractivity contribution in [3.05, 3.63) is 0 Å². The Morgan fingerprint density at radius 3 is 2.32 bits per heavy atom. The standard InChI is InChI=1S/C17H33NO/c1-3-14-18-16(15-10-6-5-7-11-15)17(19-4-2)12-8-9-13-17/h15-16,18H,3-14H2,1-2H3. The number of rotatable bonds is 7. The first-order chi connectivity index (χ1) is 9.32. The van der Waals surface area contributed by atoms with Crippen LogP contribution in [0.25, 0.3) is 0 Å². The van der Waals surface area contributed by atoms with Crippen molar-refractivity contribution in [2.45, 2.75) is 89.7 Å². The Morgan fingerprint density at radius 1 is 1.05 bits per heavy atom. The van der Waals surface area contributed by atoms with Gasteiger partial charge in [-0.1, -0.05) is 39.0 Å². The molecule has 19 heavy (non-hydrogen) atoms. The molecule has 0 aliphatic heterocycles. The first kappa shape index (κ1) is 15.3. The van der Waals surface area contributed by atoms with Crippen LogP contribution in [0.3, 0.4) is 0 Å². The van der Waals surface area contributed by atoms with Gasteiger partial charge in [-0.05, 0) is 51.5 Å². The maximum Gasteiger partial charge on any atom is 0.0837 e. The van der Waals surface area contributed by atoms with Crippen LogP contribution < -0.4 is 5.32 Å². The summed E-state index contributed by atoms with van der Waals surface area (Å²) in [5.74, 6) is 0.852. The van der Waals surface area contributed by atoms with Crippen molar-refractivity contribution >= 4 is 0 Å². The average Bonchev–Trinajstić information content (AvgIpc) is 2.90. The van der Waals surface area contributed by atoms with E-state index < -0.39 is 0 Å². The van der Waals surface area contributed by atoms with Gasteiger partial charge >= 0.3 is 0 Å². The largest absolute Gasteiger partial charge is 0.374 e. The van der Waals surface area contributed by atoms with E-state index >= 15 is 0 Å². The number of nitrogens with one attached hydrogen (secondary N) is 1. The third kappa shape index (κ3) is 3.72. The Kier molecular flexibility index (Phi) is 6.15. The van der Waals surface area contributed by atoms with E-state index in [2.05, 4.69) is 19.2 Å². The average molecular weight is 267 g/mol. The van der Waals surface area contributed by atoms with Crippen LogP contribution in [0.2, 0.25) is 0 Å². The van der Waals surface area contributed by atoms with Crippen molar-refractivity contribution in [1.82, 2.24) is 5.32 Å². The van der Waals surface area contributed by atoms with Crippen molar-refractivity contribution in [2.75, 3.05) is 13.2 Å². The summed E-state index contributed by atoms with van der Waals surface area (Å²) in [6.45, 7) is 6.46. The fraction of sp³-hybridized carbons (Fsp3) is 1.00. The second kappa shape index (κ2) is 7.64. The van der Waals surface area contributed by atoms with E-state index in [1.54, 1.807) is 0 Å². The van der Waals surface area contributed by atoms with Crippen LogP contribution in [0.1, 0.15) is 78.1 Å². The Labute approximate surface area is 119 Å². The molecule has 0 spiro atoms. The molecule has 2 fully saturated rings. The number of ether oxygens (including phenoxy) is 1. The monoisotopic (exact) mass is 267 g/mol. The minimum atomic E-state index is 0.159. The minimum Gasteiger partial charge on any atom is -0.374 e. The van der Waals surface area contributed by atoms with Gasteiger partial charge in [-0.3, -0.25) is 0 Å². The van der Waals surface area contributed by atoms with Gasteiger partial charge in [0.15, 0.2) is 0 Å². The maximum absolute atomic E-state index is 6.34. The summed E-state index contributed by atoms with van der Waals surface area (Å²) in [6, 6.07) is 0.607. The second-order valence-corrected chi connectivity index (χ2v) is 6.53. The summed E-state index contributed by atoms with van der Waals surface area (Å²) in [5, 5.41) is 3.88. The van der Waals surface area contributed by atoms with Crippen LogP contribution in [0, 0.1) is 5.92 Å². The van der Waals surface area contributed by atoms with Crippen LogP contribution in [0.4, 0.5) is 0 Å². The Hall–Kier alpha value is -0.0800. The molecule has 0 bridgehead atoms. The van der Waals surface area contributed by atoms with E-state index in [1.807, 2.05) is 0 Å². The smallest absolute Gasteiger partial charge is 0.0837 e. The highest BCUT2D eigenvalue weighted by molar-refractivity contribution is 5.00. The lowest BCUT2D eigenvalue weighted by Crippen LogP contribution is -2.55. The third-order valence-electron chi connectivity index (χ3n) is 5.18. The highest BCUT2D eigenvalue weighted by atomic mass is 16.5. The zero-order valence-corrected chi connectivity index (χ0v) is 13.0. The third-order valence-corrected chi connectivity index (χ3v) is 5.18. The van der Waals surface area contributed by atoms with Crippen molar-refractivity contribution in [3.63, 3.8) is 0 Å². The van der Waals surface area contributed by atoms with Gasteiger partial charge in [0.05, 0.1) is 5.60 Å².